The van der Waals surface area contributed by atoms with E-state index in [4.69, 9.17) is 5.73 Å². The van der Waals surface area contributed by atoms with Gasteiger partial charge in [-0.1, -0.05) is 0 Å². The maximum absolute atomic E-state index is 11.7. The van der Waals surface area contributed by atoms with Crippen LogP contribution < -0.4 is 10.6 Å². The molecule has 1 unspecified atom stereocenters. The van der Waals surface area contributed by atoms with Crippen molar-refractivity contribution in [2.75, 3.05) is 11.4 Å². The molecule has 1 fully saturated rings. The highest BCUT2D eigenvalue weighted by Crippen LogP contribution is 2.25. The lowest BCUT2D eigenvalue weighted by Gasteiger charge is -2.14. The van der Waals surface area contributed by atoms with Crippen molar-refractivity contribution in [3.63, 3.8) is 0 Å². The van der Waals surface area contributed by atoms with Crippen LogP contribution in [0.3, 0.4) is 0 Å². The average Bonchev–Trinajstić information content (AvgIpc) is 2.72. The van der Waals surface area contributed by atoms with E-state index in [1.165, 1.54) is 23.2 Å². The van der Waals surface area contributed by atoms with E-state index in [-0.39, 0.29) is 30.4 Å². The fraction of sp³-hybridized carbons (Fsp3) is 0.300. The van der Waals surface area contributed by atoms with Gasteiger partial charge in [-0.25, -0.2) is 4.98 Å². The van der Waals surface area contributed by atoms with Gasteiger partial charge in [0.25, 0.3) is 5.69 Å². The molecule has 2 amide bonds. The Kier molecular flexibility index (Phi) is 2.92. The third-order valence-corrected chi connectivity index (χ3v) is 2.74. The van der Waals surface area contributed by atoms with Gasteiger partial charge in [0.15, 0.2) is 0 Å². The number of nitro groups is 1. The molecule has 2 rings (SSSR count). The van der Waals surface area contributed by atoms with E-state index < -0.39 is 16.7 Å². The van der Waals surface area contributed by atoms with E-state index in [1.54, 1.807) is 0 Å². The van der Waals surface area contributed by atoms with Crippen LogP contribution in [0.1, 0.15) is 6.42 Å². The Morgan fingerprint density at radius 2 is 2.33 bits per heavy atom. The quantitative estimate of drug-likeness (QED) is 0.589. The summed E-state index contributed by atoms with van der Waals surface area (Å²) in [5, 5.41) is 10.6. The van der Waals surface area contributed by atoms with Gasteiger partial charge in [-0.2, -0.15) is 0 Å². The van der Waals surface area contributed by atoms with Crippen molar-refractivity contribution in [3.8, 4) is 0 Å². The van der Waals surface area contributed by atoms with Gasteiger partial charge in [-0.15, -0.1) is 0 Å². The van der Waals surface area contributed by atoms with Crippen LogP contribution in [0, 0.1) is 16.0 Å². The second-order valence-electron chi connectivity index (χ2n) is 3.94. The van der Waals surface area contributed by atoms with Crippen molar-refractivity contribution in [2.45, 2.75) is 6.42 Å². The number of carbonyl (C=O) groups excluding carboxylic acids is 2. The van der Waals surface area contributed by atoms with E-state index in [2.05, 4.69) is 4.98 Å². The lowest BCUT2D eigenvalue weighted by Crippen LogP contribution is -2.28. The number of nitrogens with two attached hydrogens (primary N) is 1. The molecule has 1 aliphatic rings. The van der Waals surface area contributed by atoms with Crippen molar-refractivity contribution in [1.82, 2.24) is 4.98 Å². The van der Waals surface area contributed by atoms with E-state index in [1.807, 2.05) is 0 Å². The van der Waals surface area contributed by atoms with Gasteiger partial charge in [-0.05, 0) is 0 Å². The van der Waals surface area contributed by atoms with Crippen LogP contribution >= 0.6 is 0 Å². The molecule has 0 aromatic carbocycles. The van der Waals surface area contributed by atoms with Crippen molar-refractivity contribution < 1.29 is 14.5 Å². The van der Waals surface area contributed by atoms with Gasteiger partial charge in [0.1, 0.15) is 5.82 Å². The van der Waals surface area contributed by atoms with E-state index in [0.717, 1.165) is 0 Å². The molecule has 1 aromatic rings. The summed E-state index contributed by atoms with van der Waals surface area (Å²) in [5.74, 6) is -1.28. The predicted octanol–water partition coefficient (Wildman–Crippen LogP) is -0.172. The number of primary amides is 1. The van der Waals surface area contributed by atoms with E-state index in [9.17, 15) is 19.7 Å². The molecule has 1 saturated heterocycles. The summed E-state index contributed by atoms with van der Waals surface area (Å²) in [4.78, 5) is 37.9. The molecule has 1 atom stereocenters. The Bertz CT molecular complexity index is 530. The van der Waals surface area contributed by atoms with Crippen molar-refractivity contribution in [2.24, 2.45) is 11.7 Å². The smallest absolute Gasteiger partial charge is 0.274 e. The van der Waals surface area contributed by atoms with E-state index >= 15 is 0 Å². The van der Waals surface area contributed by atoms with Gasteiger partial charge < -0.3 is 5.73 Å². The fourth-order valence-electron chi connectivity index (χ4n) is 1.79. The molecule has 1 aliphatic heterocycles. The van der Waals surface area contributed by atoms with Crippen LogP contribution in [0.5, 0.6) is 0 Å². The monoisotopic (exact) mass is 250 g/mol. The molecule has 18 heavy (non-hydrogen) atoms. The van der Waals surface area contributed by atoms with Gasteiger partial charge in [-0.3, -0.25) is 24.6 Å². The minimum absolute atomic E-state index is 0.0136. The Labute approximate surface area is 102 Å². The lowest BCUT2D eigenvalue weighted by molar-refractivity contribution is -0.384. The molecule has 0 aliphatic carbocycles. The number of hydrogen-bond acceptors (Lipinski definition) is 5. The summed E-state index contributed by atoms with van der Waals surface area (Å²) in [6.45, 7) is 0.113. The molecule has 8 heteroatoms. The average molecular weight is 250 g/mol. The molecule has 0 bridgehead atoms. The molecular weight excluding hydrogens is 240 g/mol. The number of rotatable bonds is 3. The van der Waals surface area contributed by atoms with E-state index in [0.29, 0.717) is 0 Å². The van der Waals surface area contributed by atoms with Crippen LogP contribution in [0.25, 0.3) is 0 Å². The second kappa shape index (κ2) is 4.40. The van der Waals surface area contributed by atoms with Gasteiger partial charge in [0.2, 0.25) is 11.8 Å². The third-order valence-electron chi connectivity index (χ3n) is 2.74. The first-order chi connectivity index (χ1) is 8.49. The largest absolute Gasteiger partial charge is 0.369 e. The van der Waals surface area contributed by atoms with Crippen LogP contribution in [-0.2, 0) is 9.59 Å². The number of pyridine rings is 1. The fourth-order valence-corrected chi connectivity index (χ4v) is 1.79. The van der Waals surface area contributed by atoms with Crippen molar-refractivity contribution >= 4 is 23.3 Å². The molecular formula is C10H10N4O4. The highest BCUT2D eigenvalue weighted by molar-refractivity contribution is 5.99. The third kappa shape index (κ3) is 2.12. The zero-order valence-electron chi connectivity index (χ0n) is 9.28. The highest BCUT2D eigenvalue weighted by Gasteiger charge is 2.35. The number of anilines is 1. The Morgan fingerprint density at radius 1 is 1.61 bits per heavy atom. The molecule has 0 saturated carbocycles. The summed E-state index contributed by atoms with van der Waals surface area (Å²) < 4.78 is 0. The number of aromatic nitrogens is 1. The standard InChI is InChI=1S/C10H10N4O4/c11-10(16)6-3-9(15)13(5-6)8-4-7(14(17)18)1-2-12-8/h1-2,4,6H,3,5H2,(H2,11,16). The molecule has 94 valence electrons. The predicted molar refractivity (Wildman–Crippen MR) is 60.5 cm³/mol. The number of carbonyl (C=O) groups is 2. The molecule has 0 spiro atoms. The summed E-state index contributed by atoms with van der Waals surface area (Å²) >= 11 is 0. The van der Waals surface area contributed by atoms with Crippen LogP contribution in [-0.4, -0.2) is 28.3 Å². The maximum Gasteiger partial charge on any atom is 0.274 e. The van der Waals surface area contributed by atoms with Crippen molar-refractivity contribution in [3.05, 3.63) is 28.4 Å². The van der Waals surface area contributed by atoms with Gasteiger partial charge in [0, 0.05) is 25.2 Å². The van der Waals surface area contributed by atoms with Gasteiger partial charge in [0.05, 0.1) is 16.9 Å². The minimum Gasteiger partial charge on any atom is -0.369 e. The zero-order chi connectivity index (χ0) is 13.3. The molecule has 8 nitrogen and oxygen atoms in total. The lowest BCUT2D eigenvalue weighted by atomic mass is 10.1. The summed E-state index contributed by atoms with van der Waals surface area (Å²) in [7, 11) is 0. The Balaban J connectivity index is 2.27. The van der Waals surface area contributed by atoms with Crippen LogP contribution in [0.2, 0.25) is 0 Å². The Hall–Kier alpha value is -2.51. The minimum atomic E-state index is -0.572. The molecule has 0 radical (unpaired) electrons. The SMILES string of the molecule is NC(=O)C1CC(=O)N(c2cc([N+](=O)[O-])ccn2)C1. The molecule has 1 aromatic heterocycles. The van der Waals surface area contributed by atoms with Crippen molar-refractivity contribution in [1.29, 1.82) is 0 Å². The van der Waals surface area contributed by atoms with Crippen LogP contribution in [0.4, 0.5) is 11.5 Å². The Morgan fingerprint density at radius 3 is 2.89 bits per heavy atom. The number of nitrogens with zero attached hydrogens (tertiary/aromatic N) is 3. The molecule has 2 N–H and O–H groups in total. The summed E-state index contributed by atoms with van der Waals surface area (Å²) in [6.07, 6.45) is 1.26. The zero-order valence-corrected chi connectivity index (χ0v) is 9.28. The van der Waals surface area contributed by atoms with Crippen LogP contribution in [0.15, 0.2) is 18.3 Å². The first-order valence-corrected chi connectivity index (χ1v) is 5.19. The molecule has 2 heterocycles. The topological polar surface area (TPSA) is 119 Å². The first kappa shape index (κ1) is 12.0. The maximum atomic E-state index is 11.7. The number of amides is 2. The van der Waals surface area contributed by atoms with Gasteiger partial charge >= 0.3 is 0 Å². The summed E-state index contributed by atoms with van der Waals surface area (Å²) in [5.41, 5.74) is 4.97. The first-order valence-electron chi connectivity index (χ1n) is 5.19. The number of hydrogen-bond donors (Lipinski definition) is 1. The summed E-state index contributed by atoms with van der Waals surface area (Å²) in [6, 6.07) is 2.43. The normalized spacial score (nSPS) is 19.0. The highest BCUT2D eigenvalue weighted by atomic mass is 16.6. The second-order valence-corrected chi connectivity index (χ2v) is 3.94.